The lowest BCUT2D eigenvalue weighted by molar-refractivity contribution is 0.0696. The van der Waals surface area contributed by atoms with E-state index in [2.05, 4.69) is 10.4 Å². The summed E-state index contributed by atoms with van der Waals surface area (Å²) in [5.74, 6) is -1.18. The minimum absolute atomic E-state index is 0.209. The molecule has 1 aromatic carbocycles. The van der Waals surface area contributed by atoms with Gasteiger partial charge in [-0.2, -0.15) is 5.10 Å². The van der Waals surface area contributed by atoms with Crippen LogP contribution < -0.4 is 5.32 Å². The second-order valence-electron chi connectivity index (χ2n) is 5.29. The lowest BCUT2D eigenvalue weighted by Gasteiger charge is -2.05. The second-order valence-corrected chi connectivity index (χ2v) is 5.29. The van der Waals surface area contributed by atoms with Crippen molar-refractivity contribution in [3.63, 3.8) is 0 Å². The minimum atomic E-state index is -0.954. The molecule has 0 unspecified atom stereocenters. The molecule has 116 valence electrons. The van der Waals surface area contributed by atoms with Gasteiger partial charge in [0, 0.05) is 18.8 Å². The maximum atomic E-state index is 12.0. The summed E-state index contributed by atoms with van der Waals surface area (Å²) in [4.78, 5) is 22.9. The highest BCUT2D eigenvalue weighted by molar-refractivity contribution is 5.92. The topological polar surface area (TPSA) is 84.2 Å². The van der Waals surface area contributed by atoms with Gasteiger partial charge in [-0.25, -0.2) is 4.79 Å². The Labute approximate surface area is 128 Å². The normalized spacial score (nSPS) is 10.7. The highest BCUT2D eigenvalue weighted by atomic mass is 16.4. The van der Waals surface area contributed by atoms with Gasteiger partial charge >= 0.3 is 5.97 Å². The molecule has 0 saturated heterocycles. The Morgan fingerprint density at radius 3 is 2.73 bits per heavy atom. The zero-order chi connectivity index (χ0) is 16.1. The fourth-order valence-corrected chi connectivity index (χ4v) is 2.02. The minimum Gasteiger partial charge on any atom is -0.478 e. The molecule has 0 aliphatic heterocycles. The molecule has 0 aliphatic rings. The Bertz CT molecular complexity index is 677. The zero-order valence-electron chi connectivity index (χ0n) is 12.6. The summed E-state index contributed by atoms with van der Waals surface area (Å²) < 4.78 is 1.73. The molecule has 2 rings (SSSR count). The van der Waals surface area contributed by atoms with E-state index in [0.717, 1.165) is 5.56 Å². The number of rotatable bonds is 6. The van der Waals surface area contributed by atoms with E-state index in [-0.39, 0.29) is 17.5 Å². The number of hydrogen-bond acceptors (Lipinski definition) is 3. The number of nitrogens with one attached hydrogen (secondary N) is 1. The van der Waals surface area contributed by atoms with Gasteiger partial charge in [-0.05, 0) is 44.0 Å². The summed E-state index contributed by atoms with van der Waals surface area (Å²) in [6.45, 7) is 4.41. The Kier molecular flexibility index (Phi) is 4.93. The van der Waals surface area contributed by atoms with Crippen molar-refractivity contribution in [1.82, 2.24) is 15.1 Å². The maximum Gasteiger partial charge on any atom is 0.335 e. The maximum absolute atomic E-state index is 12.0. The van der Waals surface area contributed by atoms with Crippen molar-refractivity contribution < 1.29 is 14.7 Å². The van der Waals surface area contributed by atoms with Crippen LogP contribution in [0.15, 0.2) is 36.5 Å². The first-order valence-electron chi connectivity index (χ1n) is 7.13. The molecule has 0 spiro atoms. The van der Waals surface area contributed by atoms with Crippen LogP contribution in [0.4, 0.5) is 0 Å². The molecule has 1 aromatic heterocycles. The third-order valence-corrected chi connectivity index (χ3v) is 3.24. The summed E-state index contributed by atoms with van der Waals surface area (Å²) in [5, 5.41) is 15.9. The Morgan fingerprint density at radius 2 is 2.09 bits per heavy atom. The molecule has 2 N–H and O–H groups in total. The van der Waals surface area contributed by atoms with Crippen LogP contribution in [0.5, 0.6) is 0 Å². The molecule has 0 bridgehead atoms. The van der Waals surface area contributed by atoms with E-state index in [4.69, 9.17) is 5.11 Å². The van der Waals surface area contributed by atoms with E-state index < -0.39 is 5.97 Å². The Balaban J connectivity index is 1.89. The molecule has 6 nitrogen and oxygen atoms in total. The average molecular weight is 301 g/mol. The molecule has 6 heteroatoms. The number of carbonyl (C=O) groups is 2. The molecular weight excluding hydrogens is 282 g/mol. The van der Waals surface area contributed by atoms with Crippen molar-refractivity contribution in [1.29, 1.82) is 0 Å². The predicted octanol–water partition coefficient (Wildman–Crippen LogP) is 2.13. The number of hydrogen-bond donors (Lipinski definition) is 2. The van der Waals surface area contributed by atoms with Gasteiger partial charge < -0.3 is 10.4 Å². The fourth-order valence-electron chi connectivity index (χ4n) is 2.02. The van der Waals surface area contributed by atoms with Crippen LogP contribution >= 0.6 is 0 Å². The molecule has 0 saturated carbocycles. The van der Waals surface area contributed by atoms with E-state index in [1.54, 1.807) is 35.1 Å². The van der Waals surface area contributed by atoms with Gasteiger partial charge in [-0.3, -0.25) is 9.48 Å². The molecule has 1 amide bonds. The van der Waals surface area contributed by atoms with Gasteiger partial charge in [-0.1, -0.05) is 12.1 Å². The van der Waals surface area contributed by atoms with Crippen molar-refractivity contribution >= 4 is 11.9 Å². The van der Waals surface area contributed by atoms with Crippen molar-refractivity contribution in [2.75, 3.05) is 6.54 Å². The van der Waals surface area contributed by atoms with E-state index in [1.807, 2.05) is 19.9 Å². The van der Waals surface area contributed by atoms with Gasteiger partial charge in [0.1, 0.15) is 5.69 Å². The first-order valence-corrected chi connectivity index (χ1v) is 7.13. The Morgan fingerprint density at radius 1 is 1.32 bits per heavy atom. The van der Waals surface area contributed by atoms with Gasteiger partial charge in [0.2, 0.25) is 0 Å². The van der Waals surface area contributed by atoms with E-state index in [1.165, 1.54) is 0 Å². The number of aromatic nitrogens is 2. The van der Waals surface area contributed by atoms with Crippen LogP contribution in [0, 0.1) is 0 Å². The molecule has 0 fully saturated rings. The van der Waals surface area contributed by atoms with Gasteiger partial charge in [0.15, 0.2) is 0 Å². The highest BCUT2D eigenvalue weighted by Gasteiger charge is 2.10. The monoisotopic (exact) mass is 301 g/mol. The highest BCUT2D eigenvalue weighted by Crippen LogP contribution is 2.06. The van der Waals surface area contributed by atoms with Crippen LogP contribution in [-0.4, -0.2) is 33.3 Å². The summed E-state index contributed by atoms with van der Waals surface area (Å²) >= 11 is 0. The van der Waals surface area contributed by atoms with Crippen LogP contribution in [0.3, 0.4) is 0 Å². The predicted molar refractivity (Wildman–Crippen MR) is 82.1 cm³/mol. The molecule has 0 atom stereocenters. The summed E-state index contributed by atoms with van der Waals surface area (Å²) in [6, 6.07) is 8.59. The first-order chi connectivity index (χ1) is 10.5. The molecular formula is C16H19N3O3. The van der Waals surface area contributed by atoms with Crippen LogP contribution in [0.1, 0.15) is 46.3 Å². The zero-order valence-corrected chi connectivity index (χ0v) is 12.6. The van der Waals surface area contributed by atoms with E-state index in [0.29, 0.717) is 18.7 Å². The summed E-state index contributed by atoms with van der Waals surface area (Å²) in [6.07, 6.45) is 2.34. The number of amides is 1. The standard InChI is InChI=1S/C16H19N3O3/c1-11(2)19-9-7-14(18-19)15(20)17-8-6-12-4-3-5-13(10-12)16(21)22/h3-5,7,9-11H,6,8H2,1-2H3,(H,17,20)(H,21,22). The first kappa shape index (κ1) is 15.8. The van der Waals surface area contributed by atoms with Crippen LogP contribution in [-0.2, 0) is 6.42 Å². The molecule has 0 radical (unpaired) electrons. The molecule has 22 heavy (non-hydrogen) atoms. The van der Waals surface area contributed by atoms with Crippen molar-refractivity contribution in [3.05, 3.63) is 53.3 Å². The number of carbonyl (C=O) groups excluding carboxylic acids is 1. The summed E-state index contributed by atoms with van der Waals surface area (Å²) in [7, 11) is 0. The third-order valence-electron chi connectivity index (χ3n) is 3.24. The van der Waals surface area contributed by atoms with Crippen molar-refractivity contribution in [3.8, 4) is 0 Å². The smallest absolute Gasteiger partial charge is 0.335 e. The molecule has 0 aliphatic carbocycles. The largest absolute Gasteiger partial charge is 0.478 e. The van der Waals surface area contributed by atoms with E-state index >= 15 is 0 Å². The van der Waals surface area contributed by atoms with E-state index in [9.17, 15) is 9.59 Å². The SMILES string of the molecule is CC(C)n1ccc(C(=O)NCCc2cccc(C(=O)O)c2)n1. The lowest BCUT2D eigenvalue weighted by atomic mass is 10.1. The van der Waals surface area contributed by atoms with Gasteiger partial charge in [-0.15, -0.1) is 0 Å². The quantitative estimate of drug-likeness (QED) is 0.856. The second kappa shape index (κ2) is 6.89. The molecule has 2 aromatic rings. The summed E-state index contributed by atoms with van der Waals surface area (Å²) in [5.41, 5.74) is 1.50. The van der Waals surface area contributed by atoms with Crippen molar-refractivity contribution in [2.24, 2.45) is 0 Å². The Hall–Kier alpha value is -2.63. The average Bonchev–Trinajstić information content (AvgIpc) is 2.97. The van der Waals surface area contributed by atoms with Crippen LogP contribution in [0.2, 0.25) is 0 Å². The number of aromatic carboxylic acids is 1. The number of benzene rings is 1. The lowest BCUT2D eigenvalue weighted by Crippen LogP contribution is -2.26. The number of nitrogens with zero attached hydrogens (tertiary/aromatic N) is 2. The third kappa shape index (κ3) is 3.94. The van der Waals surface area contributed by atoms with Crippen LogP contribution in [0.25, 0.3) is 0 Å². The van der Waals surface area contributed by atoms with Gasteiger partial charge in [0.05, 0.1) is 5.56 Å². The van der Waals surface area contributed by atoms with Gasteiger partial charge in [0.25, 0.3) is 5.91 Å². The van der Waals surface area contributed by atoms with Crippen molar-refractivity contribution in [2.45, 2.75) is 26.3 Å². The molecule has 1 heterocycles. The number of carboxylic acids is 1. The fraction of sp³-hybridized carbons (Fsp3) is 0.312. The number of carboxylic acid groups (broad SMARTS) is 1.